The molecule has 0 aromatic heterocycles. The van der Waals surface area contributed by atoms with Gasteiger partial charge in [0.05, 0.1) is 11.4 Å². The van der Waals surface area contributed by atoms with Crippen LogP contribution in [0.1, 0.15) is 36.5 Å². The van der Waals surface area contributed by atoms with Crippen LogP contribution < -0.4 is 37.5 Å². The molecule has 53 heavy (non-hydrogen) atoms. The first-order valence-electron chi connectivity index (χ1n) is 16.8. The number of carbonyl (C=O) groups excluding carboxylic acids is 5. The topological polar surface area (TPSA) is 253 Å². The summed E-state index contributed by atoms with van der Waals surface area (Å²) in [5.74, 6) is -3.72. The molecular formula is C36H46N8O8S. The molecule has 3 aromatic rings. The highest BCUT2D eigenvalue weighted by molar-refractivity contribution is 7.90. The molecule has 3 aromatic carbocycles. The van der Waals surface area contributed by atoms with Crippen LogP contribution in [0, 0.1) is 6.92 Å². The lowest BCUT2D eigenvalue weighted by molar-refractivity contribution is -0.145. The third kappa shape index (κ3) is 14.8. The maximum Gasteiger partial charge on any atom is 0.325 e. The smallest absolute Gasteiger partial charge is 0.325 e. The van der Waals surface area contributed by atoms with Crippen LogP contribution in [0.2, 0.25) is 0 Å². The van der Waals surface area contributed by atoms with E-state index in [9.17, 15) is 32.4 Å². The number of hydrogen-bond acceptors (Lipinski definition) is 10. The van der Waals surface area contributed by atoms with Crippen LogP contribution >= 0.6 is 0 Å². The third-order valence-corrected chi connectivity index (χ3v) is 9.03. The van der Waals surface area contributed by atoms with Gasteiger partial charge < -0.3 is 37.5 Å². The van der Waals surface area contributed by atoms with E-state index in [4.69, 9.17) is 16.2 Å². The number of carbonyl (C=O) groups is 5. The third-order valence-electron chi connectivity index (χ3n) is 7.66. The summed E-state index contributed by atoms with van der Waals surface area (Å²) in [5.41, 5.74) is 13.6. The summed E-state index contributed by atoms with van der Waals surface area (Å²) in [7, 11) is -3.96. The predicted molar refractivity (Wildman–Crippen MR) is 197 cm³/mol. The Kier molecular flexibility index (Phi) is 16.4. The van der Waals surface area contributed by atoms with E-state index in [0.29, 0.717) is 0 Å². The van der Waals surface area contributed by atoms with Crippen molar-refractivity contribution in [3.63, 3.8) is 0 Å². The number of amides is 4. The van der Waals surface area contributed by atoms with Crippen molar-refractivity contribution in [1.29, 1.82) is 0 Å². The normalized spacial score (nSPS) is 13.1. The Hall–Kier alpha value is -5.81. The fraction of sp³-hybridized carbons (Fsp3) is 0.333. The summed E-state index contributed by atoms with van der Waals surface area (Å²) in [5, 5.41) is 10.2. The first kappa shape index (κ1) is 41.6. The zero-order chi connectivity index (χ0) is 38.8. The van der Waals surface area contributed by atoms with Gasteiger partial charge in [0.25, 0.3) is 10.0 Å². The summed E-state index contributed by atoms with van der Waals surface area (Å²) >= 11 is 0. The lowest BCUT2D eigenvalue weighted by Gasteiger charge is -2.23. The number of benzene rings is 3. The van der Waals surface area contributed by atoms with Gasteiger partial charge in [0.15, 0.2) is 0 Å². The van der Waals surface area contributed by atoms with Gasteiger partial charge >= 0.3 is 5.97 Å². The fourth-order valence-corrected chi connectivity index (χ4v) is 5.72. The average molecular weight is 751 g/mol. The first-order valence-corrected chi connectivity index (χ1v) is 18.3. The zero-order valence-corrected chi connectivity index (χ0v) is 30.4. The molecule has 0 heterocycles. The Labute approximate surface area is 308 Å². The van der Waals surface area contributed by atoms with Gasteiger partial charge in [-0.3, -0.25) is 29.0 Å². The summed E-state index contributed by atoms with van der Waals surface area (Å²) in [6.45, 7) is 2.41. The van der Waals surface area contributed by atoms with Gasteiger partial charge in [-0.25, -0.2) is 13.1 Å². The Balaban J connectivity index is 1.57. The molecule has 16 nitrogen and oxygen atoms in total. The van der Waals surface area contributed by atoms with E-state index in [1.807, 2.05) is 13.0 Å². The Morgan fingerprint density at radius 2 is 1.42 bits per heavy atom. The minimum Gasteiger partial charge on any atom is -0.460 e. The van der Waals surface area contributed by atoms with Gasteiger partial charge in [0, 0.05) is 13.0 Å². The van der Waals surface area contributed by atoms with Crippen molar-refractivity contribution in [1.82, 2.24) is 26.0 Å². The zero-order valence-electron chi connectivity index (χ0n) is 29.5. The van der Waals surface area contributed by atoms with E-state index in [1.54, 1.807) is 66.7 Å². The van der Waals surface area contributed by atoms with Gasteiger partial charge in [0.1, 0.15) is 31.3 Å². The lowest BCUT2D eigenvalue weighted by atomic mass is 10.0. The maximum atomic E-state index is 13.3. The molecule has 0 unspecified atom stereocenters. The van der Waals surface area contributed by atoms with E-state index in [-0.39, 0.29) is 43.3 Å². The van der Waals surface area contributed by atoms with Crippen molar-refractivity contribution in [3.8, 4) is 0 Å². The van der Waals surface area contributed by atoms with Crippen LogP contribution in [0.25, 0.3) is 0 Å². The SMILES string of the molecule is Cc1ccc(S(=O)(=O)NC(N)=NCCC[C@H](NC(=O)CN)C(=O)N[C@@H](C)C(=O)N[C@@H](Cc2ccccc2)C(=O)NCC(=O)OCc2ccccc2)cc1. The van der Waals surface area contributed by atoms with Crippen LogP contribution in [0.15, 0.2) is 94.8 Å². The number of nitrogens with zero attached hydrogens (tertiary/aromatic N) is 1. The van der Waals surface area contributed by atoms with Crippen molar-refractivity contribution in [2.45, 2.75) is 62.7 Å². The Morgan fingerprint density at radius 3 is 2.04 bits per heavy atom. The van der Waals surface area contributed by atoms with Crippen LogP contribution in [-0.4, -0.2) is 81.7 Å². The summed E-state index contributed by atoms with van der Waals surface area (Å²) < 4.78 is 32.5. The van der Waals surface area contributed by atoms with Crippen LogP contribution in [0.5, 0.6) is 0 Å². The van der Waals surface area contributed by atoms with E-state index < -0.39 is 70.8 Å². The average Bonchev–Trinajstić information content (AvgIpc) is 3.14. The number of nitrogens with two attached hydrogens (primary N) is 2. The number of sulfonamides is 1. The predicted octanol–water partition coefficient (Wildman–Crippen LogP) is -0.0965. The van der Waals surface area contributed by atoms with E-state index in [2.05, 4.69) is 31.0 Å². The van der Waals surface area contributed by atoms with Gasteiger partial charge in [-0.1, -0.05) is 78.4 Å². The summed E-state index contributed by atoms with van der Waals surface area (Å²) in [6.07, 6.45) is 0.300. The molecule has 0 saturated heterocycles. The molecular weight excluding hydrogens is 705 g/mol. The molecule has 0 radical (unpaired) electrons. The number of aryl methyl sites for hydroxylation is 1. The number of nitrogens with one attached hydrogen (secondary N) is 5. The highest BCUT2D eigenvalue weighted by Gasteiger charge is 2.28. The molecule has 0 saturated carbocycles. The van der Waals surface area contributed by atoms with Crippen molar-refractivity contribution >= 4 is 45.6 Å². The molecule has 284 valence electrons. The van der Waals surface area contributed by atoms with Gasteiger partial charge in [-0.05, 0) is 49.9 Å². The quantitative estimate of drug-likeness (QED) is 0.0371. The molecule has 3 atom stereocenters. The van der Waals surface area contributed by atoms with Gasteiger partial charge in [-0.15, -0.1) is 0 Å². The summed E-state index contributed by atoms with van der Waals surface area (Å²) in [4.78, 5) is 68.1. The molecule has 0 aliphatic rings. The van der Waals surface area contributed by atoms with Crippen molar-refractivity contribution in [3.05, 3.63) is 102 Å². The van der Waals surface area contributed by atoms with E-state index in [1.165, 1.54) is 19.1 Å². The van der Waals surface area contributed by atoms with Crippen molar-refractivity contribution in [2.24, 2.45) is 16.5 Å². The van der Waals surface area contributed by atoms with Crippen molar-refractivity contribution in [2.75, 3.05) is 19.6 Å². The standard InChI is InChI=1S/C36H46N8O8S/c1-24-15-17-28(18-16-24)53(50,51)44-36(38)39-19-9-14-29(42-31(45)21-37)35(49)41-25(2)33(47)43-30(20-26-10-5-3-6-11-26)34(48)40-22-32(46)52-23-27-12-7-4-8-13-27/h3-8,10-13,15-18,25,29-30H,9,14,19-23,37H2,1-2H3,(H,40,48)(H,41,49)(H,42,45)(H,43,47)(H3,38,39,44)/t25-,29-,30-/m0/s1. The largest absolute Gasteiger partial charge is 0.460 e. The van der Waals surface area contributed by atoms with E-state index >= 15 is 0 Å². The molecule has 0 fully saturated rings. The maximum absolute atomic E-state index is 13.3. The minimum atomic E-state index is -3.96. The number of hydrogen-bond donors (Lipinski definition) is 7. The monoisotopic (exact) mass is 750 g/mol. The molecule has 0 aliphatic heterocycles. The Morgan fingerprint density at radius 1 is 0.792 bits per heavy atom. The number of aliphatic imine (C=N–C) groups is 1. The van der Waals surface area contributed by atoms with Gasteiger partial charge in [0.2, 0.25) is 29.6 Å². The minimum absolute atomic E-state index is 0.00333. The number of rotatable bonds is 19. The highest BCUT2D eigenvalue weighted by atomic mass is 32.2. The second-order valence-electron chi connectivity index (χ2n) is 12.0. The van der Waals surface area contributed by atoms with Crippen LogP contribution in [0.4, 0.5) is 0 Å². The second-order valence-corrected chi connectivity index (χ2v) is 13.7. The van der Waals surface area contributed by atoms with Crippen LogP contribution in [-0.2, 0) is 51.8 Å². The highest BCUT2D eigenvalue weighted by Crippen LogP contribution is 2.10. The molecule has 4 amide bonds. The molecule has 0 bridgehead atoms. The number of ether oxygens (including phenoxy) is 1. The number of esters is 1. The van der Waals surface area contributed by atoms with Crippen molar-refractivity contribution < 1.29 is 37.1 Å². The molecule has 9 N–H and O–H groups in total. The number of guanidine groups is 1. The fourth-order valence-electron chi connectivity index (χ4n) is 4.77. The second kappa shape index (κ2) is 20.9. The lowest BCUT2D eigenvalue weighted by Crippen LogP contribution is -2.56. The summed E-state index contributed by atoms with van der Waals surface area (Å²) in [6, 6.07) is 20.6. The van der Waals surface area contributed by atoms with E-state index in [0.717, 1.165) is 16.7 Å². The molecule has 17 heteroatoms. The molecule has 0 aliphatic carbocycles. The van der Waals surface area contributed by atoms with Crippen LogP contribution in [0.3, 0.4) is 0 Å². The molecule has 3 rings (SSSR count). The first-order chi connectivity index (χ1) is 25.3. The Bertz CT molecular complexity index is 1820. The van der Waals surface area contributed by atoms with Gasteiger partial charge in [-0.2, -0.15) is 0 Å². The molecule has 0 spiro atoms.